The van der Waals surface area contributed by atoms with E-state index in [2.05, 4.69) is 162 Å². The molecule has 0 radical (unpaired) electrons. The third-order valence-electron chi connectivity index (χ3n) is 8.31. The van der Waals surface area contributed by atoms with Crippen LogP contribution < -0.4 is 0 Å². The Labute approximate surface area is 275 Å². The lowest BCUT2D eigenvalue weighted by atomic mass is 9.83. The zero-order valence-corrected chi connectivity index (χ0v) is 27.1. The number of hydrogen-bond acceptors (Lipinski definition) is 0. The molecule has 0 aromatic heterocycles. The number of allylic oxidation sites excluding steroid dienone is 18. The van der Waals surface area contributed by atoms with E-state index in [1.54, 1.807) is 0 Å². The van der Waals surface area contributed by atoms with Crippen molar-refractivity contribution < 1.29 is 0 Å². The first-order valence-electron chi connectivity index (χ1n) is 15.9. The van der Waals surface area contributed by atoms with E-state index >= 15 is 0 Å². The van der Waals surface area contributed by atoms with Crippen molar-refractivity contribution in [3.63, 3.8) is 0 Å². The molecule has 0 saturated carbocycles. The molecular formula is C46H42. The van der Waals surface area contributed by atoms with Gasteiger partial charge in [-0.3, -0.25) is 0 Å². The van der Waals surface area contributed by atoms with Crippen LogP contribution in [-0.4, -0.2) is 0 Å². The Hall–Kier alpha value is -5.46. The van der Waals surface area contributed by atoms with Crippen LogP contribution in [0.15, 0.2) is 183 Å². The molecule has 0 fully saturated rings. The maximum Gasteiger partial charge on any atom is -0.00261 e. The van der Waals surface area contributed by atoms with E-state index < -0.39 is 0 Å². The van der Waals surface area contributed by atoms with Gasteiger partial charge in [-0.2, -0.15) is 0 Å². The molecule has 226 valence electrons. The largest absolute Gasteiger partial charge is 0.0990 e. The van der Waals surface area contributed by atoms with Gasteiger partial charge in [0.05, 0.1) is 0 Å². The molecule has 46 heavy (non-hydrogen) atoms. The molecule has 0 aliphatic heterocycles. The van der Waals surface area contributed by atoms with Crippen LogP contribution in [-0.2, 0) is 0 Å². The second-order valence-electron chi connectivity index (χ2n) is 11.4. The van der Waals surface area contributed by atoms with Crippen molar-refractivity contribution in [3.05, 3.63) is 205 Å². The molecule has 0 saturated heterocycles. The Kier molecular flexibility index (Phi) is 10.4. The van der Waals surface area contributed by atoms with E-state index in [1.165, 1.54) is 32.9 Å². The Morgan fingerprint density at radius 3 is 1.83 bits per heavy atom. The van der Waals surface area contributed by atoms with Gasteiger partial charge in [0.2, 0.25) is 0 Å². The average Bonchev–Trinajstić information content (AvgIpc) is 3.09. The van der Waals surface area contributed by atoms with Crippen LogP contribution in [0, 0.1) is 0 Å². The highest BCUT2D eigenvalue weighted by Gasteiger charge is 2.19. The molecule has 0 amide bonds. The fraction of sp³-hybridized carbons (Fsp3) is 0.0870. The minimum atomic E-state index is 0.967. The SMILES string of the molecule is C=C/C=C(\C=C)c1ccc2c(C(/C=C\C)=C/C(=C)c3ccccc3)c3ccccc3c(C(/C=C\C)=C/C(=C)C3=CCCC=C3)c2c1. The second-order valence-corrected chi connectivity index (χ2v) is 11.4. The molecular weight excluding hydrogens is 553 g/mol. The Balaban J connectivity index is 1.91. The highest BCUT2D eigenvalue weighted by Crippen LogP contribution is 2.43. The topological polar surface area (TPSA) is 0 Å². The minimum Gasteiger partial charge on any atom is -0.0990 e. The van der Waals surface area contributed by atoms with E-state index in [4.69, 9.17) is 0 Å². The molecule has 1 aliphatic rings. The molecule has 0 atom stereocenters. The van der Waals surface area contributed by atoms with Crippen molar-refractivity contribution >= 4 is 43.8 Å². The molecule has 0 nitrogen and oxygen atoms in total. The highest BCUT2D eigenvalue weighted by molar-refractivity contribution is 6.18. The van der Waals surface area contributed by atoms with Gasteiger partial charge < -0.3 is 0 Å². The summed E-state index contributed by atoms with van der Waals surface area (Å²) in [6.45, 7) is 21.2. The normalized spacial score (nSPS) is 14.3. The van der Waals surface area contributed by atoms with Gasteiger partial charge in [0, 0.05) is 0 Å². The summed E-state index contributed by atoms with van der Waals surface area (Å²) < 4.78 is 0. The van der Waals surface area contributed by atoms with Crippen LogP contribution in [0.2, 0.25) is 0 Å². The van der Waals surface area contributed by atoms with Crippen molar-refractivity contribution in [1.29, 1.82) is 0 Å². The summed E-state index contributed by atoms with van der Waals surface area (Å²) in [6.07, 6.45) is 27.6. The zero-order chi connectivity index (χ0) is 32.5. The summed E-state index contributed by atoms with van der Waals surface area (Å²) in [6, 6.07) is 25.9. The lowest BCUT2D eigenvalue weighted by Gasteiger charge is -2.20. The summed E-state index contributed by atoms with van der Waals surface area (Å²) in [7, 11) is 0. The third kappa shape index (κ3) is 6.77. The Morgan fingerprint density at radius 2 is 1.24 bits per heavy atom. The van der Waals surface area contributed by atoms with E-state index in [1.807, 2.05) is 24.3 Å². The van der Waals surface area contributed by atoms with Crippen molar-refractivity contribution in [2.45, 2.75) is 26.7 Å². The lowest BCUT2D eigenvalue weighted by molar-refractivity contribution is 1.02. The van der Waals surface area contributed by atoms with Crippen molar-refractivity contribution in [2.75, 3.05) is 0 Å². The quantitative estimate of drug-likeness (QED) is 0.120. The van der Waals surface area contributed by atoms with Gasteiger partial charge >= 0.3 is 0 Å². The molecule has 1 aliphatic carbocycles. The van der Waals surface area contributed by atoms with Gasteiger partial charge in [-0.1, -0.05) is 154 Å². The van der Waals surface area contributed by atoms with Gasteiger partial charge in [0.15, 0.2) is 0 Å². The first-order chi connectivity index (χ1) is 22.5. The summed E-state index contributed by atoms with van der Waals surface area (Å²) >= 11 is 0. The molecule has 4 aromatic rings. The Bertz CT molecular complexity index is 2040. The highest BCUT2D eigenvalue weighted by atomic mass is 14.2. The molecule has 0 heterocycles. The molecule has 0 heteroatoms. The van der Waals surface area contributed by atoms with Crippen LogP contribution in [0.3, 0.4) is 0 Å². The predicted octanol–water partition coefficient (Wildman–Crippen LogP) is 13.2. The van der Waals surface area contributed by atoms with Gasteiger partial charge in [0.25, 0.3) is 0 Å². The third-order valence-corrected chi connectivity index (χ3v) is 8.31. The maximum atomic E-state index is 4.51. The van der Waals surface area contributed by atoms with Gasteiger partial charge in [-0.05, 0) is 122 Å². The van der Waals surface area contributed by atoms with Crippen LogP contribution in [0.25, 0.3) is 43.8 Å². The van der Waals surface area contributed by atoms with E-state index in [0.717, 1.165) is 57.2 Å². The number of benzene rings is 4. The number of hydrogen-bond donors (Lipinski definition) is 0. The molecule has 4 aromatic carbocycles. The van der Waals surface area contributed by atoms with Crippen molar-refractivity contribution in [3.8, 4) is 0 Å². The Morgan fingerprint density at radius 1 is 0.630 bits per heavy atom. The summed E-state index contributed by atoms with van der Waals surface area (Å²) in [5.74, 6) is 0. The van der Waals surface area contributed by atoms with Crippen LogP contribution in [0.5, 0.6) is 0 Å². The summed E-state index contributed by atoms with van der Waals surface area (Å²) in [5, 5.41) is 4.70. The molecule has 0 N–H and O–H groups in total. The molecule has 0 bridgehead atoms. The zero-order valence-electron chi connectivity index (χ0n) is 27.1. The lowest BCUT2D eigenvalue weighted by Crippen LogP contribution is -1.97. The van der Waals surface area contributed by atoms with Crippen LogP contribution >= 0.6 is 0 Å². The smallest absolute Gasteiger partial charge is 0.00261 e. The predicted molar refractivity (Wildman–Crippen MR) is 206 cm³/mol. The van der Waals surface area contributed by atoms with Crippen LogP contribution in [0.1, 0.15) is 48.9 Å². The number of rotatable bonds is 11. The molecule has 5 rings (SSSR count). The van der Waals surface area contributed by atoms with E-state index in [9.17, 15) is 0 Å². The van der Waals surface area contributed by atoms with Gasteiger partial charge in [0.1, 0.15) is 0 Å². The number of fused-ring (bicyclic) bond motifs is 2. The minimum absolute atomic E-state index is 0.967. The fourth-order valence-corrected chi connectivity index (χ4v) is 6.20. The monoisotopic (exact) mass is 594 g/mol. The maximum absolute atomic E-state index is 4.51. The summed E-state index contributed by atoms with van der Waals surface area (Å²) in [5.41, 5.74) is 11.0. The van der Waals surface area contributed by atoms with E-state index in [0.29, 0.717) is 0 Å². The van der Waals surface area contributed by atoms with Crippen LogP contribution in [0.4, 0.5) is 0 Å². The average molecular weight is 595 g/mol. The molecule has 0 spiro atoms. The standard InChI is InChI=1S/C46H42/c1-7-19-35(10-4)38-28-29-43-44(32-38)46(40(21-9-3)31-34(6)37-24-15-12-16-25-37)42-27-18-17-26-41(42)45(43)39(20-8-2)30-33(5)36-22-13-11-14-23-36/h7-11,13-15,17-32H,1,4-6,12,16H2,2-3H3/b20-8-,21-9-,35-19+,39-30+,40-31+. The molecule has 0 unspecified atom stereocenters. The first-order valence-corrected chi connectivity index (χ1v) is 15.9. The summed E-state index contributed by atoms with van der Waals surface area (Å²) in [4.78, 5) is 0. The van der Waals surface area contributed by atoms with Gasteiger partial charge in [-0.15, -0.1) is 0 Å². The first kappa shape index (κ1) is 31.9. The van der Waals surface area contributed by atoms with E-state index in [-0.39, 0.29) is 0 Å². The fourth-order valence-electron chi connectivity index (χ4n) is 6.20. The van der Waals surface area contributed by atoms with Crippen molar-refractivity contribution in [2.24, 2.45) is 0 Å². The second kappa shape index (κ2) is 15.0. The van der Waals surface area contributed by atoms with Crippen molar-refractivity contribution in [1.82, 2.24) is 0 Å². The van der Waals surface area contributed by atoms with Gasteiger partial charge in [-0.25, -0.2) is 0 Å².